The van der Waals surface area contributed by atoms with E-state index >= 15 is 0 Å². The maximum atomic E-state index is 13.4. The molecule has 0 atom stereocenters. The third-order valence-corrected chi connectivity index (χ3v) is 5.49. The van der Waals surface area contributed by atoms with E-state index < -0.39 is 0 Å². The highest BCUT2D eigenvalue weighted by atomic mass is 35.5. The maximum absolute atomic E-state index is 13.4. The zero-order valence-corrected chi connectivity index (χ0v) is 16.7. The molecule has 0 bridgehead atoms. The van der Waals surface area contributed by atoms with Gasteiger partial charge in [-0.25, -0.2) is 9.37 Å². The van der Waals surface area contributed by atoms with Gasteiger partial charge in [-0.3, -0.25) is 9.69 Å². The molecule has 1 aliphatic rings. The van der Waals surface area contributed by atoms with Gasteiger partial charge < -0.3 is 9.47 Å². The molecule has 1 saturated heterocycles. The number of hydrogen-bond donors (Lipinski definition) is 0. The summed E-state index contributed by atoms with van der Waals surface area (Å²) in [4.78, 5) is 21.4. The molecule has 0 saturated carbocycles. The summed E-state index contributed by atoms with van der Waals surface area (Å²) in [6, 6.07) is 12.0. The van der Waals surface area contributed by atoms with E-state index in [2.05, 4.69) is 16.0 Å². The number of piperazine rings is 1. The van der Waals surface area contributed by atoms with Crippen molar-refractivity contribution in [2.45, 2.75) is 6.54 Å². The summed E-state index contributed by atoms with van der Waals surface area (Å²) in [7, 11) is 1.63. The molecule has 8 heteroatoms. The van der Waals surface area contributed by atoms with Crippen molar-refractivity contribution in [2.75, 3.05) is 31.1 Å². The molecule has 4 rings (SSSR count). The number of aryl methyl sites for hydroxylation is 1. The Morgan fingerprint density at radius 2 is 1.97 bits per heavy atom. The Balaban J connectivity index is 1.64. The molecule has 1 aliphatic heterocycles. The fraction of sp³-hybridized carbons (Fsp3) is 0.286. The Morgan fingerprint density at radius 3 is 2.66 bits per heavy atom. The first-order chi connectivity index (χ1) is 14.0. The number of rotatable bonds is 3. The van der Waals surface area contributed by atoms with Crippen molar-refractivity contribution in [3.63, 3.8) is 0 Å². The Labute approximate surface area is 172 Å². The smallest absolute Gasteiger partial charge is 0.270 e. The summed E-state index contributed by atoms with van der Waals surface area (Å²) < 4.78 is 14.9. The Morgan fingerprint density at radius 1 is 1.21 bits per heavy atom. The summed E-state index contributed by atoms with van der Waals surface area (Å²) in [5, 5.41) is 9.97. The van der Waals surface area contributed by atoms with Gasteiger partial charge in [0.25, 0.3) is 5.56 Å². The highest BCUT2D eigenvalue weighted by Crippen LogP contribution is 2.29. The lowest BCUT2D eigenvalue weighted by Crippen LogP contribution is -2.47. The van der Waals surface area contributed by atoms with E-state index in [1.54, 1.807) is 31.3 Å². The fourth-order valence-electron chi connectivity index (χ4n) is 3.80. The molecule has 3 heterocycles. The van der Waals surface area contributed by atoms with E-state index in [1.165, 1.54) is 10.6 Å². The summed E-state index contributed by atoms with van der Waals surface area (Å²) in [5.41, 5.74) is 2.38. The van der Waals surface area contributed by atoms with Crippen molar-refractivity contribution in [3.05, 3.63) is 68.8 Å². The molecule has 1 aromatic carbocycles. The zero-order valence-electron chi connectivity index (χ0n) is 15.9. The van der Waals surface area contributed by atoms with Crippen LogP contribution in [0.2, 0.25) is 5.15 Å². The average molecular weight is 412 g/mol. The van der Waals surface area contributed by atoms with E-state index in [1.807, 2.05) is 11.0 Å². The molecule has 1 fully saturated rings. The van der Waals surface area contributed by atoms with Crippen molar-refractivity contribution < 1.29 is 4.39 Å². The van der Waals surface area contributed by atoms with Crippen molar-refractivity contribution in [3.8, 4) is 6.07 Å². The monoisotopic (exact) mass is 411 g/mol. The molecule has 0 N–H and O–H groups in total. The van der Waals surface area contributed by atoms with Crippen LogP contribution < -0.4 is 10.5 Å². The van der Waals surface area contributed by atoms with Crippen LogP contribution in [0.25, 0.3) is 11.0 Å². The highest BCUT2D eigenvalue weighted by Gasteiger charge is 2.25. The molecular formula is C21H19ClFN5O. The summed E-state index contributed by atoms with van der Waals surface area (Å²) in [6.45, 7) is 3.34. The second-order valence-corrected chi connectivity index (χ2v) is 7.48. The predicted octanol–water partition coefficient (Wildman–Crippen LogP) is 2.92. The minimum Gasteiger partial charge on any atom is -0.366 e. The van der Waals surface area contributed by atoms with E-state index in [9.17, 15) is 14.4 Å². The van der Waals surface area contributed by atoms with Gasteiger partial charge in [0.2, 0.25) is 0 Å². The number of hydrogen-bond acceptors (Lipinski definition) is 5. The molecule has 148 valence electrons. The highest BCUT2D eigenvalue weighted by molar-refractivity contribution is 6.29. The van der Waals surface area contributed by atoms with Gasteiger partial charge in [0.1, 0.15) is 28.1 Å². The number of pyridine rings is 2. The fourth-order valence-corrected chi connectivity index (χ4v) is 3.95. The molecule has 2 aromatic heterocycles. The summed E-state index contributed by atoms with van der Waals surface area (Å²) in [6.07, 6.45) is 0. The van der Waals surface area contributed by atoms with Crippen LogP contribution in [0.5, 0.6) is 0 Å². The van der Waals surface area contributed by atoms with Gasteiger partial charge in [-0.05, 0) is 29.8 Å². The largest absolute Gasteiger partial charge is 0.366 e. The lowest BCUT2D eigenvalue weighted by Gasteiger charge is -2.36. The number of aromatic nitrogens is 2. The molecule has 0 spiro atoms. The zero-order chi connectivity index (χ0) is 20.5. The van der Waals surface area contributed by atoms with Crippen LogP contribution in [0, 0.1) is 17.1 Å². The predicted molar refractivity (Wildman–Crippen MR) is 111 cm³/mol. The van der Waals surface area contributed by atoms with Gasteiger partial charge in [-0.1, -0.05) is 23.7 Å². The van der Waals surface area contributed by atoms with E-state index in [4.69, 9.17) is 11.6 Å². The van der Waals surface area contributed by atoms with Crippen molar-refractivity contribution >= 4 is 28.3 Å². The lowest BCUT2D eigenvalue weighted by molar-refractivity contribution is 0.249. The van der Waals surface area contributed by atoms with Gasteiger partial charge >= 0.3 is 0 Å². The van der Waals surface area contributed by atoms with Crippen molar-refractivity contribution in [1.82, 2.24) is 14.5 Å². The number of halogens is 2. The summed E-state index contributed by atoms with van der Waals surface area (Å²) >= 11 is 6.10. The molecule has 0 unspecified atom stereocenters. The van der Waals surface area contributed by atoms with Crippen LogP contribution in [0.1, 0.15) is 11.1 Å². The molecule has 29 heavy (non-hydrogen) atoms. The van der Waals surface area contributed by atoms with Crippen molar-refractivity contribution in [2.24, 2.45) is 7.05 Å². The summed E-state index contributed by atoms with van der Waals surface area (Å²) in [5.74, 6) is -0.241. The molecular weight excluding hydrogens is 393 g/mol. The molecule has 0 amide bonds. The quantitative estimate of drug-likeness (QED) is 0.620. The molecule has 3 aromatic rings. The van der Waals surface area contributed by atoms with Gasteiger partial charge in [-0.2, -0.15) is 5.26 Å². The normalized spacial score (nSPS) is 14.9. The Hall–Kier alpha value is -2.95. The molecule has 6 nitrogen and oxygen atoms in total. The minimum absolute atomic E-state index is 0.0772. The van der Waals surface area contributed by atoms with Crippen LogP contribution >= 0.6 is 11.6 Å². The lowest BCUT2D eigenvalue weighted by atomic mass is 10.1. The van der Waals surface area contributed by atoms with Gasteiger partial charge in [0.15, 0.2) is 0 Å². The van der Waals surface area contributed by atoms with Crippen LogP contribution in [0.4, 0.5) is 10.1 Å². The standard InChI is InChI=1S/C21H19ClFN5O/c1-26-17-5-6-18(22)25-19(17)20(16(12-24)21(26)29)28-9-7-27(8-10-28)13-14-3-2-4-15(23)11-14/h2-6,11H,7-10,13H2,1H3. The maximum Gasteiger partial charge on any atom is 0.270 e. The first-order valence-electron chi connectivity index (χ1n) is 9.29. The van der Waals surface area contributed by atoms with Crippen LogP contribution in [-0.2, 0) is 13.6 Å². The third kappa shape index (κ3) is 3.69. The topological polar surface area (TPSA) is 65.2 Å². The number of nitriles is 1. The van der Waals surface area contributed by atoms with E-state index in [0.717, 1.165) is 18.7 Å². The van der Waals surface area contributed by atoms with Gasteiger partial charge in [0, 0.05) is 39.8 Å². The Kier molecular flexibility index (Phi) is 5.22. The first-order valence-corrected chi connectivity index (χ1v) is 9.67. The number of nitrogens with zero attached hydrogens (tertiary/aromatic N) is 5. The van der Waals surface area contributed by atoms with Crippen LogP contribution in [0.3, 0.4) is 0 Å². The second-order valence-electron chi connectivity index (χ2n) is 7.09. The number of benzene rings is 1. The van der Waals surface area contributed by atoms with Gasteiger partial charge in [-0.15, -0.1) is 0 Å². The average Bonchev–Trinajstić information content (AvgIpc) is 2.71. The van der Waals surface area contributed by atoms with E-state index in [0.29, 0.717) is 41.5 Å². The van der Waals surface area contributed by atoms with Crippen molar-refractivity contribution in [1.29, 1.82) is 5.26 Å². The first kappa shape index (κ1) is 19.4. The number of anilines is 1. The Bertz CT molecular complexity index is 1180. The molecule has 0 radical (unpaired) electrons. The SMILES string of the molecule is Cn1c(=O)c(C#N)c(N2CCN(Cc3cccc(F)c3)CC2)c2nc(Cl)ccc21. The van der Waals surface area contributed by atoms with E-state index in [-0.39, 0.29) is 16.9 Å². The second kappa shape index (κ2) is 7.82. The van der Waals surface area contributed by atoms with Crippen LogP contribution in [-0.4, -0.2) is 40.6 Å². The minimum atomic E-state index is -0.346. The third-order valence-electron chi connectivity index (χ3n) is 5.28. The molecule has 0 aliphatic carbocycles. The van der Waals surface area contributed by atoms with Gasteiger partial charge in [0.05, 0.1) is 11.2 Å². The van der Waals surface area contributed by atoms with Crippen LogP contribution in [0.15, 0.2) is 41.2 Å². The number of fused-ring (bicyclic) bond motifs is 1.